The number of para-hydroxylation sites is 1. The van der Waals surface area contributed by atoms with Crippen molar-refractivity contribution >= 4 is 39.1 Å². The van der Waals surface area contributed by atoms with Crippen molar-refractivity contribution in [2.24, 2.45) is 5.92 Å². The van der Waals surface area contributed by atoms with Crippen LogP contribution in [0.2, 0.25) is 5.02 Å². The molecule has 0 aliphatic carbocycles. The van der Waals surface area contributed by atoms with Gasteiger partial charge in [-0.3, -0.25) is 9.59 Å². The summed E-state index contributed by atoms with van der Waals surface area (Å²) >= 11 is 5.84. The van der Waals surface area contributed by atoms with Crippen LogP contribution in [-0.2, 0) is 14.8 Å². The van der Waals surface area contributed by atoms with Crippen LogP contribution in [-0.4, -0.2) is 44.7 Å². The molecular weight excluding hydrogens is 414 g/mol. The number of rotatable bonds is 5. The Morgan fingerprint density at radius 3 is 2.48 bits per heavy atom. The molecule has 0 spiro atoms. The number of carbonyl (C=O) groups is 2. The third-order valence-corrected chi connectivity index (χ3v) is 6.99. The lowest BCUT2D eigenvalue weighted by molar-refractivity contribution is -0.120. The Hall–Kier alpha value is -2.42. The summed E-state index contributed by atoms with van der Waals surface area (Å²) in [6.07, 6.45) is 1.14. The van der Waals surface area contributed by atoms with Crippen LogP contribution in [0, 0.1) is 5.92 Å². The molecule has 1 saturated heterocycles. The van der Waals surface area contributed by atoms with Crippen molar-refractivity contribution in [1.29, 1.82) is 0 Å². The summed E-state index contributed by atoms with van der Waals surface area (Å²) in [6.45, 7) is 0.433. The zero-order valence-electron chi connectivity index (χ0n) is 15.9. The SMILES string of the molecule is CNC(=O)c1ccccc1NC(=O)[C@H]1CCCN(S(=O)(=O)c2ccc(Cl)cc2)C1. The molecule has 154 valence electrons. The average Bonchev–Trinajstić information content (AvgIpc) is 2.74. The minimum Gasteiger partial charge on any atom is -0.355 e. The summed E-state index contributed by atoms with van der Waals surface area (Å²) in [5.74, 6) is -1.13. The molecule has 1 fully saturated rings. The van der Waals surface area contributed by atoms with Crippen molar-refractivity contribution in [2.75, 3.05) is 25.5 Å². The molecular formula is C20H22ClN3O4S. The van der Waals surface area contributed by atoms with Gasteiger partial charge < -0.3 is 10.6 Å². The minimum absolute atomic E-state index is 0.0823. The molecule has 0 saturated carbocycles. The highest BCUT2D eigenvalue weighted by Crippen LogP contribution is 2.26. The molecule has 1 atom stereocenters. The lowest BCUT2D eigenvalue weighted by Gasteiger charge is -2.31. The van der Waals surface area contributed by atoms with E-state index in [-0.39, 0.29) is 23.3 Å². The maximum atomic E-state index is 12.9. The molecule has 2 N–H and O–H groups in total. The molecule has 2 amide bonds. The summed E-state index contributed by atoms with van der Waals surface area (Å²) in [7, 11) is -2.20. The van der Waals surface area contributed by atoms with E-state index in [4.69, 9.17) is 11.6 Å². The van der Waals surface area contributed by atoms with E-state index in [0.29, 0.717) is 35.7 Å². The normalized spacial score (nSPS) is 17.5. The second-order valence-corrected chi connectivity index (χ2v) is 9.14. The largest absolute Gasteiger partial charge is 0.355 e. The number of benzene rings is 2. The van der Waals surface area contributed by atoms with Gasteiger partial charge in [0.2, 0.25) is 15.9 Å². The Morgan fingerprint density at radius 2 is 1.79 bits per heavy atom. The molecule has 0 radical (unpaired) electrons. The molecule has 1 aliphatic rings. The second kappa shape index (κ2) is 8.94. The highest BCUT2D eigenvalue weighted by molar-refractivity contribution is 7.89. The molecule has 9 heteroatoms. The molecule has 1 aliphatic heterocycles. The Kier molecular flexibility index (Phi) is 6.56. The van der Waals surface area contributed by atoms with E-state index in [9.17, 15) is 18.0 Å². The number of halogens is 1. The number of hydrogen-bond donors (Lipinski definition) is 2. The van der Waals surface area contributed by atoms with E-state index in [1.165, 1.54) is 35.6 Å². The van der Waals surface area contributed by atoms with Crippen molar-refractivity contribution in [2.45, 2.75) is 17.7 Å². The van der Waals surface area contributed by atoms with Gasteiger partial charge in [0.1, 0.15) is 0 Å². The number of carbonyl (C=O) groups excluding carboxylic acids is 2. The fourth-order valence-corrected chi connectivity index (χ4v) is 4.94. The first kappa shape index (κ1) is 21.3. The van der Waals surface area contributed by atoms with Crippen LogP contribution in [0.5, 0.6) is 0 Å². The predicted molar refractivity (Wildman–Crippen MR) is 111 cm³/mol. The average molecular weight is 436 g/mol. The highest BCUT2D eigenvalue weighted by atomic mass is 35.5. The van der Waals surface area contributed by atoms with Crippen LogP contribution in [0.4, 0.5) is 5.69 Å². The molecule has 29 heavy (non-hydrogen) atoms. The van der Waals surface area contributed by atoms with Gasteiger partial charge >= 0.3 is 0 Å². The van der Waals surface area contributed by atoms with Gasteiger partial charge in [-0.1, -0.05) is 23.7 Å². The molecule has 3 rings (SSSR count). The third kappa shape index (κ3) is 4.77. The number of sulfonamides is 1. The monoisotopic (exact) mass is 435 g/mol. The fraction of sp³-hybridized carbons (Fsp3) is 0.300. The van der Waals surface area contributed by atoms with Gasteiger partial charge in [-0.25, -0.2) is 8.42 Å². The molecule has 2 aromatic carbocycles. The topological polar surface area (TPSA) is 95.6 Å². The Morgan fingerprint density at radius 1 is 1.10 bits per heavy atom. The minimum atomic E-state index is -3.71. The van der Waals surface area contributed by atoms with E-state index < -0.39 is 15.9 Å². The van der Waals surface area contributed by atoms with E-state index in [2.05, 4.69) is 10.6 Å². The van der Waals surface area contributed by atoms with Crippen LogP contribution < -0.4 is 10.6 Å². The standard InChI is InChI=1S/C20H22ClN3O4S/c1-22-20(26)17-6-2-3-7-18(17)23-19(25)14-5-4-12-24(13-14)29(27,28)16-10-8-15(21)9-11-16/h2-3,6-11,14H,4-5,12-13H2,1H3,(H,22,26)(H,23,25)/t14-/m0/s1. The lowest BCUT2D eigenvalue weighted by atomic mass is 9.98. The number of nitrogens with zero attached hydrogens (tertiary/aromatic N) is 1. The lowest BCUT2D eigenvalue weighted by Crippen LogP contribution is -2.43. The van der Waals surface area contributed by atoms with Crippen LogP contribution >= 0.6 is 11.6 Å². The van der Waals surface area contributed by atoms with Gasteiger partial charge in [0.25, 0.3) is 5.91 Å². The molecule has 2 aromatic rings. The fourth-order valence-electron chi connectivity index (χ4n) is 3.29. The number of nitrogens with one attached hydrogen (secondary N) is 2. The van der Waals surface area contributed by atoms with Gasteiger partial charge in [-0.05, 0) is 49.2 Å². The van der Waals surface area contributed by atoms with E-state index in [0.717, 1.165) is 0 Å². The van der Waals surface area contributed by atoms with Gasteiger partial charge in [0.05, 0.1) is 22.1 Å². The smallest absolute Gasteiger partial charge is 0.253 e. The molecule has 7 nitrogen and oxygen atoms in total. The predicted octanol–water partition coefficient (Wildman–Crippen LogP) is 2.74. The first-order valence-corrected chi connectivity index (χ1v) is 11.0. The summed E-state index contributed by atoms with van der Waals surface area (Å²) < 4.78 is 27.1. The number of amides is 2. The van der Waals surface area contributed by atoms with E-state index in [1.807, 2.05) is 0 Å². The molecule has 0 aromatic heterocycles. The van der Waals surface area contributed by atoms with E-state index >= 15 is 0 Å². The zero-order valence-corrected chi connectivity index (χ0v) is 17.5. The zero-order chi connectivity index (χ0) is 21.0. The quantitative estimate of drug-likeness (QED) is 0.754. The van der Waals surface area contributed by atoms with Crippen LogP contribution in [0.1, 0.15) is 23.2 Å². The van der Waals surface area contributed by atoms with E-state index in [1.54, 1.807) is 24.3 Å². The maximum absolute atomic E-state index is 12.9. The van der Waals surface area contributed by atoms with Crippen molar-refractivity contribution in [3.8, 4) is 0 Å². The molecule has 0 unspecified atom stereocenters. The summed E-state index contributed by atoms with van der Waals surface area (Å²) in [5.41, 5.74) is 0.749. The summed E-state index contributed by atoms with van der Waals surface area (Å²) in [6, 6.07) is 12.7. The Balaban J connectivity index is 1.75. The van der Waals surface area contributed by atoms with Gasteiger partial charge in [-0.2, -0.15) is 4.31 Å². The van der Waals surface area contributed by atoms with Crippen LogP contribution in [0.15, 0.2) is 53.4 Å². The van der Waals surface area contributed by atoms with Crippen molar-refractivity contribution < 1.29 is 18.0 Å². The first-order chi connectivity index (χ1) is 13.8. The molecule has 0 bridgehead atoms. The van der Waals surface area contributed by atoms with Gasteiger partial charge in [-0.15, -0.1) is 0 Å². The third-order valence-electron chi connectivity index (χ3n) is 4.86. The maximum Gasteiger partial charge on any atom is 0.253 e. The summed E-state index contributed by atoms with van der Waals surface area (Å²) in [5, 5.41) is 5.77. The number of hydrogen-bond acceptors (Lipinski definition) is 4. The van der Waals surface area contributed by atoms with Gasteiger partial charge in [0.15, 0.2) is 0 Å². The Labute approximate surface area is 175 Å². The van der Waals surface area contributed by atoms with Crippen LogP contribution in [0.25, 0.3) is 0 Å². The van der Waals surface area contributed by atoms with Gasteiger partial charge in [0, 0.05) is 25.2 Å². The van der Waals surface area contributed by atoms with Crippen molar-refractivity contribution in [1.82, 2.24) is 9.62 Å². The number of anilines is 1. The Bertz CT molecular complexity index is 1010. The summed E-state index contributed by atoms with van der Waals surface area (Å²) in [4.78, 5) is 24.9. The van der Waals surface area contributed by atoms with Crippen molar-refractivity contribution in [3.63, 3.8) is 0 Å². The first-order valence-electron chi connectivity index (χ1n) is 9.20. The van der Waals surface area contributed by atoms with Crippen molar-refractivity contribution in [3.05, 3.63) is 59.1 Å². The second-order valence-electron chi connectivity index (χ2n) is 6.77. The van der Waals surface area contributed by atoms with Crippen LogP contribution in [0.3, 0.4) is 0 Å². The highest BCUT2D eigenvalue weighted by Gasteiger charge is 2.33. The molecule has 1 heterocycles. The number of piperidine rings is 1.